The lowest BCUT2D eigenvalue weighted by Gasteiger charge is -2.35. The highest BCUT2D eigenvalue weighted by Gasteiger charge is 2.25. The van der Waals surface area contributed by atoms with Gasteiger partial charge in [0.1, 0.15) is 17.1 Å². The summed E-state index contributed by atoms with van der Waals surface area (Å²) in [7, 11) is 0. The van der Waals surface area contributed by atoms with Crippen LogP contribution in [-0.4, -0.2) is 48.8 Å². The van der Waals surface area contributed by atoms with Crippen molar-refractivity contribution in [3.05, 3.63) is 52.7 Å². The second-order valence-corrected chi connectivity index (χ2v) is 6.13. The predicted octanol–water partition coefficient (Wildman–Crippen LogP) is 2.23. The molecule has 0 bridgehead atoms. The van der Waals surface area contributed by atoms with Crippen LogP contribution in [0.3, 0.4) is 0 Å². The van der Waals surface area contributed by atoms with Gasteiger partial charge in [0, 0.05) is 19.6 Å². The van der Waals surface area contributed by atoms with Crippen molar-refractivity contribution in [1.82, 2.24) is 15.4 Å². The molecule has 1 amide bonds. The van der Waals surface area contributed by atoms with Crippen molar-refractivity contribution in [3.8, 4) is 0 Å². The quantitative estimate of drug-likeness (QED) is 0.898. The number of nitrogens with one attached hydrogen (secondary N) is 1. The summed E-state index contributed by atoms with van der Waals surface area (Å²) in [5.41, 5.74) is 1.85. The maximum absolute atomic E-state index is 13.7. The standard InChI is InChI=1S/C18H22FN3O3/c1-12-17(13(2)25-21-12)18(23)20-11-16(22-6-8-24-9-7-22)14-4-3-5-15(19)10-14/h3-5,10,16H,6-9,11H2,1-2H3,(H,20,23). The molecule has 6 nitrogen and oxygen atoms in total. The van der Waals surface area contributed by atoms with E-state index < -0.39 is 0 Å². The topological polar surface area (TPSA) is 67.6 Å². The number of hydrogen-bond donors (Lipinski definition) is 1. The molecule has 134 valence electrons. The number of ether oxygens (including phenoxy) is 1. The van der Waals surface area contributed by atoms with Crippen LogP contribution in [0.4, 0.5) is 4.39 Å². The fraction of sp³-hybridized carbons (Fsp3) is 0.444. The molecular weight excluding hydrogens is 325 g/mol. The SMILES string of the molecule is Cc1noc(C)c1C(=O)NCC(c1cccc(F)c1)N1CCOCC1. The number of rotatable bonds is 5. The van der Waals surface area contributed by atoms with E-state index in [0.29, 0.717) is 36.8 Å². The Kier molecular flexibility index (Phi) is 5.45. The largest absolute Gasteiger partial charge is 0.379 e. The van der Waals surface area contributed by atoms with Crippen molar-refractivity contribution in [2.45, 2.75) is 19.9 Å². The Morgan fingerprint density at radius 1 is 1.36 bits per heavy atom. The Balaban J connectivity index is 1.76. The summed E-state index contributed by atoms with van der Waals surface area (Å²) in [6, 6.07) is 6.38. The second-order valence-electron chi connectivity index (χ2n) is 6.13. The van der Waals surface area contributed by atoms with Gasteiger partial charge in [0.25, 0.3) is 5.91 Å². The molecule has 0 spiro atoms. The summed E-state index contributed by atoms with van der Waals surface area (Å²) in [5, 5.41) is 6.75. The Morgan fingerprint density at radius 3 is 2.76 bits per heavy atom. The Labute approximate surface area is 145 Å². The highest BCUT2D eigenvalue weighted by atomic mass is 19.1. The minimum atomic E-state index is -0.284. The van der Waals surface area contributed by atoms with Gasteiger partial charge in [-0.15, -0.1) is 0 Å². The highest BCUT2D eigenvalue weighted by molar-refractivity contribution is 5.96. The predicted molar refractivity (Wildman–Crippen MR) is 89.8 cm³/mol. The van der Waals surface area contributed by atoms with Crippen LogP contribution in [0.15, 0.2) is 28.8 Å². The van der Waals surface area contributed by atoms with E-state index in [1.165, 1.54) is 12.1 Å². The number of hydrogen-bond acceptors (Lipinski definition) is 5. The van der Waals surface area contributed by atoms with Gasteiger partial charge in [-0.05, 0) is 31.5 Å². The van der Waals surface area contributed by atoms with Gasteiger partial charge < -0.3 is 14.6 Å². The van der Waals surface area contributed by atoms with Crippen molar-refractivity contribution < 1.29 is 18.4 Å². The van der Waals surface area contributed by atoms with Crippen LogP contribution in [0.2, 0.25) is 0 Å². The van der Waals surface area contributed by atoms with E-state index >= 15 is 0 Å². The van der Waals surface area contributed by atoms with E-state index in [9.17, 15) is 9.18 Å². The van der Waals surface area contributed by atoms with Gasteiger partial charge in [0.2, 0.25) is 0 Å². The average Bonchev–Trinajstić information content (AvgIpc) is 2.94. The van der Waals surface area contributed by atoms with E-state index in [1.807, 2.05) is 6.07 Å². The molecule has 0 saturated carbocycles. The summed E-state index contributed by atoms with van der Waals surface area (Å²) >= 11 is 0. The van der Waals surface area contributed by atoms with Crippen molar-refractivity contribution in [2.24, 2.45) is 0 Å². The molecule has 25 heavy (non-hydrogen) atoms. The van der Waals surface area contributed by atoms with Crippen molar-refractivity contribution in [3.63, 3.8) is 0 Å². The molecule has 1 atom stereocenters. The molecule has 0 radical (unpaired) electrons. The molecule has 1 unspecified atom stereocenters. The Hall–Kier alpha value is -2.25. The van der Waals surface area contributed by atoms with Gasteiger partial charge in [0.05, 0.1) is 24.9 Å². The number of nitrogens with zero attached hydrogens (tertiary/aromatic N) is 2. The Bertz CT molecular complexity index is 721. The monoisotopic (exact) mass is 347 g/mol. The summed E-state index contributed by atoms with van der Waals surface area (Å²) in [6.07, 6.45) is 0. The lowest BCUT2D eigenvalue weighted by Crippen LogP contribution is -2.44. The number of aryl methyl sites for hydroxylation is 2. The van der Waals surface area contributed by atoms with Gasteiger partial charge in [-0.2, -0.15) is 0 Å². The van der Waals surface area contributed by atoms with Gasteiger partial charge in [-0.25, -0.2) is 4.39 Å². The third-order valence-electron chi connectivity index (χ3n) is 4.44. The zero-order valence-electron chi connectivity index (χ0n) is 14.4. The van der Waals surface area contributed by atoms with Crippen LogP contribution in [-0.2, 0) is 4.74 Å². The molecule has 1 aromatic carbocycles. The molecule has 2 aromatic rings. The molecule has 1 aliphatic rings. The summed E-state index contributed by atoms with van der Waals surface area (Å²) in [4.78, 5) is 14.7. The molecule has 7 heteroatoms. The van der Waals surface area contributed by atoms with Gasteiger partial charge in [-0.3, -0.25) is 9.69 Å². The first-order chi connectivity index (χ1) is 12.1. The third-order valence-corrected chi connectivity index (χ3v) is 4.44. The molecule has 1 aliphatic heterocycles. The number of amides is 1. The van der Waals surface area contributed by atoms with E-state index in [-0.39, 0.29) is 17.8 Å². The van der Waals surface area contributed by atoms with E-state index in [4.69, 9.17) is 9.26 Å². The fourth-order valence-electron chi connectivity index (χ4n) is 3.15. The number of morpholine rings is 1. The molecule has 0 aliphatic carbocycles. The summed E-state index contributed by atoms with van der Waals surface area (Å²) in [6.45, 7) is 6.54. The number of carbonyl (C=O) groups is 1. The first-order valence-electron chi connectivity index (χ1n) is 8.34. The summed E-state index contributed by atoms with van der Waals surface area (Å²) < 4.78 is 24.1. The average molecular weight is 347 g/mol. The minimum Gasteiger partial charge on any atom is -0.379 e. The molecule has 1 N–H and O–H groups in total. The zero-order chi connectivity index (χ0) is 17.8. The van der Waals surface area contributed by atoms with Crippen LogP contribution >= 0.6 is 0 Å². The third kappa shape index (κ3) is 4.05. The molecule has 1 aromatic heterocycles. The van der Waals surface area contributed by atoms with Crippen molar-refractivity contribution >= 4 is 5.91 Å². The fourth-order valence-corrected chi connectivity index (χ4v) is 3.15. The molecular formula is C18H22FN3O3. The van der Waals surface area contributed by atoms with E-state index in [0.717, 1.165) is 18.7 Å². The number of halogens is 1. The van der Waals surface area contributed by atoms with Crippen LogP contribution in [0.25, 0.3) is 0 Å². The van der Waals surface area contributed by atoms with Crippen molar-refractivity contribution in [1.29, 1.82) is 0 Å². The van der Waals surface area contributed by atoms with Crippen LogP contribution in [0.5, 0.6) is 0 Å². The maximum Gasteiger partial charge on any atom is 0.256 e. The van der Waals surface area contributed by atoms with Gasteiger partial charge in [-0.1, -0.05) is 17.3 Å². The summed E-state index contributed by atoms with van der Waals surface area (Å²) in [5.74, 6) is -0.0256. The number of carbonyl (C=O) groups excluding carboxylic acids is 1. The lowest BCUT2D eigenvalue weighted by atomic mass is 10.0. The van der Waals surface area contributed by atoms with Crippen molar-refractivity contribution in [2.75, 3.05) is 32.8 Å². The first-order valence-corrected chi connectivity index (χ1v) is 8.34. The number of benzene rings is 1. The smallest absolute Gasteiger partial charge is 0.256 e. The second kappa shape index (κ2) is 7.76. The normalized spacial score (nSPS) is 16.6. The Morgan fingerprint density at radius 2 is 2.12 bits per heavy atom. The van der Waals surface area contributed by atoms with E-state index in [1.54, 1.807) is 19.9 Å². The van der Waals surface area contributed by atoms with Crippen LogP contribution in [0, 0.1) is 19.7 Å². The molecule has 3 rings (SSSR count). The molecule has 2 heterocycles. The van der Waals surface area contributed by atoms with Gasteiger partial charge >= 0.3 is 0 Å². The maximum atomic E-state index is 13.7. The van der Waals surface area contributed by atoms with E-state index in [2.05, 4.69) is 15.4 Å². The molecule has 1 fully saturated rings. The highest BCUT2D eigenvalue weighted by Crippen LogP contribution is 2.22. The lowest BCUT2D eigenvalue weighted by molar-refractivity contribution is 0.0162. The zero-order valence-corrected chi connectivity index (χ0v) is 14.4. The minimum absolute atomic E-state index is 0.121. The first kappa shape index (κ1) is 17.6. The van der Waals surface area contributed by atoms with Crippen LogP contribution < -0.4 is 5.32 Å². The number of aromatic nitrogens is 1. The molecule has 1 saturated heterocycles. The van der Waals surface area contributed by atoms with Crippen LogP contribution in [0.1, 0.15) is 33.4 Å². The van der Waals surface area contributed by atoms with Gasteiger partial charge in [0.15, 0.2) is 0 Å².